The molecule has 0 aliphatic heterocycles. The zero-order valence-corrected chi connectivity index (χ0v) is 14.4. The number of hydrogen-bond donors (Lipinski definition) is 0. The van der Waals surface area contributed by atoms with Gasteiger partial charge in [-0.25, -0.2) is 4.39 Å². The third-order valence-electron chi connectivity index (χ3n) is 3.54. The highest BCUT2D eigenvalue weighted by Crippen LogP contribution is 2.23. The Labute approximate surface area is 145 Å². The first kappa shape index (κ1) is 18.2. The molecule has 0 spiro atoms. The van der Waals surface area contributed by atoms with E-state index >= 15 is 0 Å². The van der Waals surface area contributed by atoms with Gasteiger partial charge in [0.15, 0.2) is 5.60 Å². The molecule has 0 radical (unpaired) electrons. The highest BCUT2D eigenvalue weighted by atomic mass is 32.2. The molecule has 3 nitrogen and oxygen atoms in total. The molecule has 5 heteroatoms. The minimum absolute atomic E-state index is 0.00762. The van der Waals surface area contributed by atoms with E-state index in [0.717, 1.165) is 0 Å². The predicted molar refractivity (Wildman–Crippen MR) is 93.8 cm³/mol. The van der Waals surface area contributed by atoms with Gasteiger partial charge in [-0.3, -0.25) is 9.59 Å². The topological polar surface area (TPSA) is 43.4 Å². The summed E-state index contributed by atoms with van der Waals surface area (Å²) in [4.78, 5) is 25.0. The number of halogens is 1. The van der Waals surface area contributed by atoms with Gasteiger partial charge in [-0.2, -0.15) is 11.8 Å². The van der Waals surface area contributed by atoms with Crippen LogP contribution >= 0.6 is 11.8 Å². The molecule has 2 aromatic carbocycles. The molecule has 0 aliphatic carbocycles. The Bertz CT molecular complexity index is 700. The molecule has 0 saturated carbocycles. The van der Waals surface area contributed by atoms with Crippen molar-refractivity contribution in [3.8, 4) is 0 Å². The Morgan fingerprint density at radius 2 is 1.71 bits per heavy atom. The first-order valence-electron chi connectivity index (χ1n) is 7.50. The Balaban J connectivity index is 2.13. The summed E-state index contributed by atoms with van der Waals surface area (Å²) >= 11 is 1.43. The molecule has 2 rings (SSSR count). The van der Waals surface area contributed by atoms with Crippen LogP contribution in [0.2, 0.25) is 0 Å². The van der Waals surface area contributed by atoms with Crippen LogP contribution in [0.5, 0.6) is 0 Å². The van der Waals surface area contributed by atoms with Crippen molar-refractivity contribution in [1.82, 2.24) is 0 Å². The van der Waals surface area contributed by atoms with Crippen LogP contribution in [0.15, 0.2) is 54.6 Å². The predicted octanol–water partition coefficient (Wildman–Crippen LogP) is 3.92. The lowest BCUT2D eigenvalue weighted by atomic mass is 9.96. The van der Waals surface area contributed by atoms with Crippen molar-refractivity contribution in [3.63, 3.8) is 0 Å². The normalized spacial score (nSPS) is 13.1. The van der Waals surface area contributed by atoms with Crippen molar-refractivity contribution in [2.45, 2.75) is 18.9 Å². The number of ketones is 1. The van der Waals surface area contributed by atoms with Gasteiger partial charge in [0, 0.05) is 11.3 Å². The van der Waals surface area contributed by atoms with Crippen molar-refractivity contribution in [3.05, 3.63) is 71.5 Å². The lowest BCUT2D eigenvalue weighted by molar-refractivity contribution is -0.151. The van der Waals surface area contributed by atoms with Crippen LogP contribution in [0, 0.1) is 5.82 Å². The molecule has 2 aromatic rings. The third-order valence-corrected chi connectivity index (χ3v) is 4.38. The molecule has 0 N–H and O–H groups in total. The molecule has 0 bridgehead atoms. The van der Waals surface area contributed by atoms with Crippen molar-refractivity contribution in [2.24, 2.45) is 0 Å². The monoisotopic (exact) mass is 346 g/mol. The van der Waals surface area contributed by atoms with E-state index in [1.807, 2.05) is 12.3 Å². The highest BCUT2D eigenvalue weighted by molar-refractivity contribution is 7.98. The molecule has 0 aromatic heterocycles. The van der Waals surface area contributed by atoms with E-state index in [1.165, 1.54) is 36.0 Å². The highest BCUT2D eigenvalue weighted by Gasteiger charge is 2.37. The number of carbonyl (C=O) groups is 2. The Kier molecular flexibility index (Phi) is 6.15. The van der Waals surface area contributed by atoms with Crippen molar-refractivity contribution in [1.29, 1.82) is 0 Å². The number of ether oxygens (including phenoxy) is 1. The van der Waals surface area contributed by atoms with E-state index in [0.29, 0.717) is 16.9 Å². The second-order valence-corrected chi connectivity index (χ2v) is 6.50. The minimum atomic E-state index is -1.24. The fourth-order valence-corrected chi connectivity index (χ4v) is 3.11. The standard InChI is InChI=1S/C19H19FO3S/c1-19(13-24-2,18(22)15-6-4-3-5-7-15)23-17(21)12-14-8-10-16(20)11-9-14/h3-11H,12-13H2,1-2H3. The third kappa shape index (κ3) is 4.68. The van der Waals surface area contributed by atoms with E-state index in [1.54, 1.807) is 31.2 Å². The summed E-state index contributed by atoms with van der Waals surface area (Å²) in [5, 5.41) is 0. The zero-order valence-electron chi connectivity index (χ0n) is 13.6. The molecule has 1 unspecified atom stereocenters. The van der Waals surface area contributed by atoms with Crippen molar-refractivity contribution in [2.75, 3.05) is 12.0 Å². The van der Waals surface area contributed by atoms with E-state index in [4.69, 9.17) is 4.74 Å². The van der Waals surface area contributed by atoms with Gasteiger partial charge in [0.05, 0.1) is 6.42 Å². The minimum Gasteiger partial charge on any atom is -0.450 e. The summed E-state index contributed by atoms with van der Waals surface area (Å²) in [5.41, 5.74) is -0.0959. The van der Waals surface area contributed by atoms with Crippen molar-refractivity contribution >= 4 is 23.5 Å². The van der Waals surface area contributed by atoms with Crippen LogP contribution in [0.25, 0.3) is 0 Å². The maximum Gasteiger partial charge on any atom is 0.311 e. The maximum absolute atomic E-state index is 12.9. The number of benzene rings is 2. The molecule has 0 amide bonds. The number of esters is 1. The molecular weight excluding hydrogens is 327 g/mol. The summed E-state index contributed by atoms with van der Waals surface area (Å²) in [7, 11) is 0. The maximum atomic E-state index is 12.9. The van der Waals surface area contributed by atoms with Gasteiger partial charge >= 0.3 is 5.97 Å². The number of thioether (sulfide) groups is 1. The lowest BCUT2D eigenvalue weighted by Gasteiger charge is -2.27. The fourth-order valence-electron chi connectivity index (χ4n) is 2.37. The number of carbonyl (C=O) groups excluding carboxylic acids is 2. The second kappa shape index (κ2) is 8.11. The molecule has 24 heavy (non-hydrogen) atoms. The molecule has 0 heterocycles. The molecule has 1 atom stereocenters. The van der Waals surface area contributed by atoms with Gasteiger partial charge in [-0.05, 0) is 30.9 Å². The lowest BCUT2D eigenvalue weighted by Crippen LogP contribution is -2.43. The van der Waals surface area contributed by atoms with Crippen LogP contribution in [0.3, 0.4) is 0 Å². The van der Waals surface area contributed by atoms with Crippen LogP contribution < -0.4 is 0 Å². The van der Waals surface area contributed by atoms with Crippen LogP contribution in [-0.4, -0.2) is 29.4 Å². The van der Waals surface area contributed by atoms with E-state index in [9.17, 15) is 14.0 Å². The number of hydrogen-bond acceptors (Lipinski definition) is 4. The molecule has 0 fully saturated rings. The van der Waals surface area contributed by atoms with Crippen LogP contribution in [0.1, 0.15) is 22.8 Å². The van der Waals surface area contributed by atoms with E-state index < -0.39 is 11.6 Å². The summed E-state index contributed by atoms with van der Waals surface area (Å²) in [6.07, 6.45) is 1.84. The summed E-state index contributed by atoms with van der Waals surface area (Å²) in [6.45, 7) is 1.63. The summed E-state index contributed by atoms with van der Waals surface area (Å²) in [6, 6.07) is 14.4. The molecular formula is C19H19FO3S. The molecule has 126 valence electrons. The van der Waals surface area contributed by atoms with Gasteiger partial charge in [0.2, 0.25) is 5.78 Å². The Morgan fingerprint density at radius 3 is 2.29 bits per heavy atom. The molecule has 0 aliphatic rings. The van der Waals surface area contributed by atoms with Crippen molar-refractivity contribution < 1.29 is 18.7 Å². The van der Waals surface area contributed by atoms with Gasteiger partial charge in [-0.15, -0.1) is 0 Å². The van der Waals surface area contributed by atoms with Gasteiger partial charge in [0.25, 0.3) is 0 Å². The average Bonchev–Trinajstić information content (AvgIpc) is 2.57. The Hall–Kier alpha value is -2.14. The van der Waals surface area contributed by atoms with E-state index in [-0.39, 0.29) is 18.0 Å². The quantitative estimate of drug-likeness (QED) is 0.563. The average molecular weight is 346 g/mol. The van der Waals surface area contributed by atoms with Crippen LogP contribution in [0.4, 0.5) is 4.39 Å². The number of rotatable bonds is 7. The summed E-state index contributed by atoms with van der Waals surface area (Å²) < 4.78 is 18.5. The van der Waals surface area contributed by atoms with E-state index in [2.05, 4.69) is 0 Å². The van der Waals surface area contributed by atoms with Gasteiger partial charge in [0.1, 0.15) is 5.82 Å². The smallest absolute Gasteiger partial charge is 0.311 e. The number of Topliss-reactive ketones (excluding diaryl/α,β-unsaturated/α-hetero) is 1. The first-order chi connectivity index (χ1) is 11.4. The largest absolute Gasteiger partial charge is 0.450 e. The fraction of sp³-hybridized carbons (Fsp3) is 0.263. The SMILES string of the molecule is CSCC(C)(OC(=O)Cc1ccc(F)cc1)C(=O)c1ccccc1. The van der Waals surface area contributed by atoms with Crippen LogP contribution in [-0.2, 0) is 16.0 Å². The van der Waals surface area contributed by atoms with Gasteiger partial charge in [-0.1, -0.05) is 42.5 Å². The zero-order chi connectivity index (χ0) is 17.6. The van der Waals surface area contributed by atoms with Gasteiger partial charge < -0.3 is 4.74 Å². The first-order valence-corrected chi connectivity index (χ1v) is 8.89. The molecule has 0 saturated heterocycles. The Morgan fingerprint density at radius 1 is 1.08 bits per heavy atom. The summed E-state index contributed by atoms with van der Waals surface area (Å²) in [5.74, 6) is -0.749. The second-order valence-electron chi connectivity index (χ2n) is 5.64.